The number of anilines is 3. The summed E-state index contributed by atoms with van der Waals surface area (Å²) in [6, 6.07) is 0. The van der Waals surface area contributed by atoms with Crippen LogP contribution in [0.2, 0.25) is 0 Å². The molecule has 3 rings (SSSR count). The van der Waals surface area contributed by atoms with Crippen LogP contribution in [-0.4, -0.2) is 50.3 Å². The summed E-state index contributed by atoms with van der Waals surface area (Å²) in [7, 11) is 0. The van der Waals surface area contributed by atoms with Crippen molar-refractivity contribution in [1.82, 2.24) is 50.3 Å². The van der Waals surface area contributed by atoms with Gasteiger partial charge in [-0.25, -0.2) is 9.78 Å². The number of rotatable bonds is 6. The SMILES string of the molecule is [N-]=[N+]=Nc1n[nH]c(Nc2nnc(Cn3nc(N=[N+]=[N-])nc3N)nn2)n1. The molecular formula is C7H6N18. The van der Waals surface area contributed by atoms with E-state index in [0.717, 1.165) is 0 Å². The lowest BCUT2D eigenvalue weighted by Gasteiger charge is -2.01. The van der Waals surface area contributed by atoms with Gasteiger partial charge in [0.15, 0.2) is 5.82 Å². The van der Waals surface area contributed by atoms with E-state index >= 15 is 0 Å². The molecule has 0 aliphatic heterocycles. The first-order valence-electron chi connectivity index (χ1n) is 6.24. The smallest absolute Gasteiger partial charge is 0.268 e. The topological polar surface area (TPSA) is 259 Å². The van der Waals surface area contributed by atoms with E-state index in [2.05, 4.69) is 71.0 Å². The van der Waals surface area contributed by atoms with Gasteiger partial charge in [-0.1, -0.05) is 0 Å². The van der Waals surface area contributed by atoms with Gasteiger partial charge < -0.3 is 5.73 Å². The van der Waals surface area contributed by atoms with Gasteiger partial charge >= 0.3 is 0 Å². The zero-order chi connectivity index (χ0) is 17.6. The van der Waals surface area contributed by atoms with Crippen molar-refractivity contribution in [1.29, 1.82) is 0 Å². The van der Waals surface area contributed by atoms with Crippen molar-refractivity contribution in [3.8, 4) is 0 Å². The van der Waals surface area contributed by atoms with Crippen LogP contribution in [0.3, 0.4) is 0 Å². The average Bonchev–Trinajstić information content (AvgIpc) is 3.17. The first-order chi connectivity index (χ1) is 12.2. The Kier molecular flexibility index (Phi) is 4.10. The molecule has 25 heavy (non-hydrogen) atoms. The van der Waals surface area contributed by atoms with Crippen LogP contribution in [0.1, 0.15) is 5.82 Å². The Morgan fingerprint density at radius 2 is 1.80 bits per heavy atom. The summed E-state index contributed by atoms with van der Waals surface area (Å²) in [5.41, 5.74) is 22.2. The number of aromatic nitrogens is 10. The van der Waals surface area contributed by atoms with Crippen LogP contribution >= 0.6 is 0 Å². The van der Waals surface area contributed by atoms with Crippen LogP contribution in [0.15, 0.2) is 10.2 Å². The molecule has 0 unspecified atom stereocenters. The first-order valence-corrected chi connectivity index (χ1v) is 6.24. The summed E-state index contributed by atoms with van der Waals surface area (Å²) < 4.78 is 1.22. The molecule has 0 fully saturated rings. The molecule has 0 bridgehead atoms. The highest BCUT2D eigenvalue weighted by atomic mass is 15.5. The molecule has 0 amide bonds. The monoisotopic (exact) mass is 342 g/mol. The number of hydrogen-bond donors (Lipinski definition) is 3. The molecule has 3 heterocycles. The van der Waals surface area contributed by atoms with Crippen LogP contribution in [-0.2, 0) is 6.54 Å². The van der Waals surface area contributed by atoms with E-state index in [-0.39, 0.29) is 42.1 Å². The molecule has 0 saturated heterocycles. The molecule has 3 aromatic heterocycles. The summed E-state index contributed by atoms with van der Waals surface area (Å²) in [5, 5.41) is 34.3. The minimum absolute atomic E-state index is 0.0143. The quantitative estimate of drug-likeness (QED) is 0.311. The van der Waals surface area contributed by atoms with Gasteiger partial charge in [-0.2, -0.15) is 15.1 Å². The Morgan fingerprint density at radius 1 is 1.08 bits per heavy atom. The maximum Gasteiger partial charge on any atom is 0.268 e. The standard InChI is InChI=1S/C7H6N18/c8-3-11-7(21-24-10)22-25(3)1-2-14-17-5(18-15-2)12-4-13-6(19-16-4)20-23-9/h1H2,(H2,8,11,22)(H2,12,13,16,17,18,19). The van der Waals surface area contributed by atoms with Crippen molar-refractivity contribution in [3.63, 3.8) is 0 Å². The first kappa shape index (κ1) is 15.3. The van der Waals surface area contributed by atoms with Crippen molar-refractivity contribution in [2.24, 2.45) is 10.2 Å². The number of nitrogens with one attached hydrogen (secondary N) is 2. The predicted octanol–water partition coefficient (Wildman–Crippen LogP) is 0.234. The van der Waals surface area contributed by atoms with Gasteiger partial charge in [-0.15, -0.1) is 25.5 Å². The molecule has 3 aromatic rings. The van der Waals surface area contributed by atoms with Crippen LogP contribution in [0, 0.1) is 0 Å². The third kappa shape index (κ3) is 3.62. The third-order valence-corrected chi connectivity index (χ3v) is 2.47. The molecule has 124 valence electrons. The third-order valence-electron chi connectivity index (χ3n) is 2.47. The molecule has 0 saturated carbocycles. The van der Waals surface area contributed by atoms with E-state index in [1.807, 2.05) is 0 Å². The van der Waals surface area contributed by atoms with E-state index < -0.39 is 0 Å². The number of aromatic amines is 1. The average molecular weight is 342 g/mol. The second-order valence-electron chi connectivity index (χ2n) is 4.06. The fourth-order valence-corrected chi connectivity index (χ4v) is 1.54. The normalized spacial score (nSPS) is 9.92. The zero-order valence-electron chi connectivity index (χ0n) is 12.0. The van der Waals surface area contributed by atoms with Gasteiger partial charge in [0.2, 0.25) is 23.8 Å². The summed E-state index contributed by atoms with van der Waals surface area (Å²) in [6.45, 7) is 0.0173. The number of nitrogens with zero attached hydrogens (tertiary/aromatic N) is 15. The molecule has 0 atom stereocenters. The van der Waals surface area contributed by atoms with Crippen molar-refractivity contribution in [2.75, 3.05) is 11.1 Å². The van der Waals surface area contributed by atoms with Gasteiger partial charge in [0.05, 0.1) is 0 Å². The lowest BCUT2D eigenvalue weighted by Crippen LogP contribution is -2.12. The van der Waals surface area contributed by atoms with Gasteiger partial charge in [0, 0.05) is 9.82 Å². The van der Waals surface area contributed by atoms with Crippen molar-refractivity contribution >= 4 is 29.7 Å². The Hall–Kier alpha value is -4.56. The highest BCUT2D eigenvalue weighted by molar-refractivity contribution is 5.42. The van der Waals surface area contributed by atoms with Crippen molar-refractivity contribution in [3.05, 3.63) is 26.7 Å². The van der Waals surface area contributed by atoms with Crippen molar-refractivity contribution in [2.45, 2.75) is 6.54 Å². The lowest BCUT2D eigenvalue weighted by atomic mass is 10.6. The number of azide groups is 2. The lowest BCUT2D eigenvalue weighted by molar-refractivity contribution is 0.633. The van der Waals surface area contributed by atoms with Crippen LogP contribution in [0.5, 0.6) is 0 Å². The maximum absolute atomic E-state index is 8.33. The Labute approximate surface area is 135 Å². The number of nitrogen functional groups attached to an aromatic ring is 1. The van der Waals surface area contributed by atoms with Gasteiger partial charge in [-0.3, -0.25) is 5.32 Å². The summed E-state index contributed by atoms with van der Waals surface area (Å²) in [6.07, 6.45) is 0. The van der Waals surface area contributed by atoms with E-state index in [0.29, 0.717) is 0 Å². The molecule has 18 nitrogen and oxygen atoms in total. The Morgan fingerprint density at radius 3 is 2.52 bits per heavy atom. The van der Waals surface area contributed by atoms with E-state index in [1.54, 1.807) is 0 Å². The highest BCUT2D eigenvalue weighted by Gasteiger charge is 2.10. The fourth-order valence-electron chi connectivity index (χ4n) is 1.54. The van der Waals surface area contributed by atoms with Gasteiger partial charge in [-0.05, 0) is 21.3 Å². The second-order valence-corrected chi connectivity index (χ2v) is 4.06. The summed E-state index contributed by atoms with van der Waals surface area (Å²) in [4.78, 5) is 12.6. The largest absolute Gasteiger partial charge is 0.368 e. The predicted molar refractivity (Wildman–Crippen MR) is 78.4 cm³/mol. The number of hydrogen-bond acceptors (Lipinski definition) is 12. The molecule has 0 radical (unpaired) electrons. The van der Waals surface area contributed by atoms with E-state index in [9.17, 15) is 0 Å². The van der Waals surface area contributed by atoms with E-state index in [1.165, 1.54) is 4.68 Å². The molecular weight excluding hydrogens is 336 g/mol. The maximum atomic E-state index is 8.33. The van der Waals surface area contributed by atoms with Gasteiger partial charge in [0.25, 0.3) is 5.95 Å². The van der Waals surface area contributed by atoms with Crippen LogP contribution in [0.4, 0.5) is 29.7 Å². The molecule has 0 aliphatic carbocycles. The fraction of sp³-hybridized carbons (Fsp3) is 0.143. The number of nitrogens with two attached hydrogens (primary N) is 1. The number of H-pyrrole nitrogens is 1. The van der Waals surface area contributed by atoms with Crippen molar-refractivity contribution < 1.29 is 0 Å². The summed E-state index contributed by atoms with van der Waals surface area (Å²) >= 11 is 0. The Bertz CT molecular complexity index is 965. The summed E-state index contributed by atoms with van der Waals surface area (Å²) in [5.74, 6) is 0.134. The van der Waals surface area contributed by atoms with Crippen LogP contribution in [0.25, 0.3) is 20.9 Å². The molecule has 0 spiro atoms. The molecule has 4 N–H and O–H groups in total. The van der Waals surface area contributed by atoms with Crippen LogP contribution < -0.4 is 11.1 Å². The van der Waals surface area contributed by atoms with E-state index in [4.69, 9.17) is 16.8 Å². The molecule has 0 aromatic carbocycles. The molecule has 0 aliphatic rings. The minimum Gasteiger partial charge on any atom is -0.368 e. The zero-order valence-corrected chi connectivity index (χ0v) is 12.0. The highest BCUT2D eigenvalue weighted by Crippen LogP contribution is 2.11. The van der Waals surface area contributed by atoms with Gasteiger partial charge in [0.1, 0.15) is 6.54 Å². The molecule has 18 heteroatoms. The Balaban J connectivity index is 1.69. The second kappa shape index (κ2) is 6.69. The minimum atomic E-state index is -0.125.